The third kappa shape index (κ3) is 2.02. The van der Waals surface area contributed by atoms with E-state index in [9.17, 15) is 9.90 Å². The van der Waals surface area contributed by atoms with Gasteiger partial charge in [-0.1, -0.05) is 32.0 Å². The molecule has 1 heterocycles. The van der Waals surface area contributed by atoms with E-state index >= 15 is 0 Å². The molecule has 0 spiro atoms. The molecule has 0 unspecified atom stereocenters. The van der Waals surface area contributed by atoms with E-state index in [0.29, 0.717) is 23.9 Å². The van der Waals surface area contributed by atoms with Crippen LogP contribution in [-0.2, 0) is 0 Å². The third-order valence-corrected chi connectivity index (χ3v) is 3.47. The summed E-state index contributed by atoms with van der Waals surface area (Å²) < 4.78 is 0. The van der Waals surface area contributed by atoms with Gasteiger partial charge in [-0.15, -0.1) is 0 Å². The highest BCUT2D eigenvalue weighted by atomic mass is 16.3. The zero-order valence-electron chi connectivity index (χ0n) is 10.7. The molecule has 0 saturated heterocycles. The lowest BCUT2D eigenvalue weighted by atomic mass is 9.87. The molecule has 0 radical (unpaired) electrons. The van der Waals surface area contributed by atoms with Gasteiger partial charge in [0.25, 0.3) is 0 Å². The van der Waals surface area contributed by atoms with E-state index in [0.717, 1.165) is 5.39 Å². The summed E-state index contributed by atoms with van der Waals surface area (Å²) in [7, 11) is 0. The minimum Gasteiger partial charge on any atom is -0.382 e. The molecule has 0 atom stereocenters. The van der Waals surface area contributed by atoms with Crippen molar-refractivity contribution in [2.75, 3.05) is 0 Å². The summed E-state index contributed by atoms with van der Waals surface area (Å²) in [4.78, 5) is 16.7. The second-order valence-electron chi connectivity index (χ2n) is 4.45. The first kappa shape index (κ1) is 12.7. The van der Waals surface area contributed by atoms with Gasteiger partial charge >= 0.3 is 0 Å². The van der Waals surface area contributed by atoms with Crippen molar-refractivity contribution in [3.05, 3.63) is 42.1 Å². The summed E-state index contributed by atoms with van der Waals surface area (Å²) >= 11 is 0. The van der Waals surface area contributed by atoms with Gasteiger partial charge in [0.05, 0.1) is 5.52 Å². The summed E-state index contributed by atoms with van der Waals surface area (Å²) in [5, 5.41) is 11.2. The molecule has 0 amide bonds. The molecule has 0 aliphatic rings. The third-order valence-electron chi connectivity index (χ3n) is 3.47. The minimum atomic E-state index is -1.29. The van der Waals surface area contributed by atoms with Crippen LogP contribution in [0.2, 0.25) is 0 Å². The van der Waals surface area contributed by atoms with Crippen LogP contribution in [0.15, 0.2) is 36.5 Å². The van der Waals surface area contributed by atoms with Crippen LogP contribution in [0.5, 0.6) is 0 Å². The van der Waals surface area contributed by atoms with Crippen LogP contribution in [-0.4, -0.2) is 21.5 Å². The number of aromatic nitrogens is 1. The monoisotopic (exact) mass is 243 g/mol. The maximum absolute atomic E-state index is 12.5. The molecule has 0 fully saturated rings. The Hall–Kier alpha value is -1.74. The molecule has 0 aliphatic heterocycles. The predicted molar refractivity (Wildman–Crippen MR) is 71.6 cm³/mol. The number of ketones is 1. The van der Waals surface area contributed by atoms with Crippen molar-refractivity contribution < 1.29 is 9.90 Å². The number of fused-ring (bicyclic) bond motifs is 1. The summed E-state index contributed by atoms with van der Waals surface area (Å²) in [5.41, 5.74) is -0.129. The molecule has 2 aromatic rings. The lowest BCUT2D eigenvalue weighted by molar-refractivity contribution is 0.0279. The lowest BCUT2D eigenvalue weighted by Gasteiger charge is -2.23. The number of Topliss-reactive ketones (excluding diaryl/α,β-unsaturated/α-hetero) is 1. The lowest BCUT2D eigenvalue weighted by Crippen LogP contribution is -2.37. The average Bonchev–Trinajstić information content (AvgIpc) is 2.45. The molecule has 2 rings (SSSR count). The van der Waals surface area contributed by atoms with Gasteiger partial charge in [0, 0.05) is 17.1 Å². The fourth-order valence-electron chi connectivity index (χ4n) is 2.11. The van der Waals surface area contributed by atoms with E-state index in [2.05, 4.69) is 4.98 Å². The zero-order valence-corrected chi connectivity index (χ0v) is 10.7. The smallest absolute Gasteiger partial charge is 0.196 e. The molecule has 18 heavy (non-hydrogen) atoms. The predicted octanol–water partition coefficient (Wildman–Crippen LogP) is 2.97. The van der Waals surface area contributed by atoms with E-state index in [1.807, 2.05) is 38.1 Å². The van der Waals surface area contributed by atoms with Gasteiger partial charge < -0.3 is 5.11 Å². The number of para-hydroxylation sites is 1. The van der Waals surface area contributed by atoms with E-state index in [-0.39, 0.29) is 5.78 Å². The second kappa shape index (κ2) is 4.86. The molecule has 1 N–H and O–H groups in total. The van der Waals surface area contributed by atoms with Gasteiger partial charge in [-0.05, 0) is 25.0 Å². The van der Waals surface area contributed by atoms with Gasteiger partial charge in [-0.2, -0.15) is 0 Å². The zero-order chi connectivity index (χ0) is 13.2. The van der Waals surface area contributed by atoms with Crippen LogP contribution < -0.4 is 0 Å². The van der Waals surface area contributed by atoms with Gasteiger partial charge in [-0.25, -0.2) is 0 Å². The van der Waals surface area contributed by atoms with E-state index in [1.165, 1.54) is 0 Å². The second-order valence-corrected chi connectivity index (χ2v) is 4.45. The summed E-state index contributed by atoms with van der Waals surface area (Å²) in [6, 6.07) is 9.21. The number of pyridine rings is 1. The van der Waals surface area contributed by atoms with Crippen molar-refractivity contribution in [2.24, 2.45) is 0 Å². The first-order valence-corrected chi connectivity index (χ1v) is 6.23. The molecule has 3 heteroatoms. The molecular formula is C15H17NO2. The maximum Gasteiger partial charge on any atom is 0.196 e. The highest BCUT2D eigenvalue weighted by molar-refractivity contribution is 6.10. The van der Waals surface area contributed by atoms with Crippen molar-refractivity contribution in [1.82, 2.24) is 4.98 Å². The average molecular weight is 243 g/mol. The molecule has 3 nitrogen and oxygen atoms in total. The fraction of sp³-hybridized carbons (Fsp3) is 0.333. The molecule has 0 bridgehead atoms. The molecule has 94 valence electrons. The van der Waals surface area contributed by atoms with Gasteiger partial charge in [0.2, 0.25) is 0 Å². The topological polar surface area (TPSA) is 50.2 Å². The highest BCUT2D eigenvalue weighted by Crippen LogP contribution is 2.25. The fourth-order valence-corrected chi connectivity index (χ4v) is 2.11. The Labute approximate surface area is 106 Å². The van der Waals surface area contributed by atoms with E-state index < -0.39 is 5.60 Å². The SMILES string of the molecule is CCC(O)(CC)C(=O)c1cccc2cccnc12. The summed E-state index contributed by atoms with van der Waals surface area (Å²) in [6.07, 6.45) is 2.48. The molecule has 1 aromatic carbocycles. The Kier molecular flexibility index (Phi) is 3.43. The van der Waals surface area contributed by atoms with Crippen molar-refractivity contribution in [3.8, 4) is 0 Å². The number of rotatable bonds is 4. The maximum atomic E-state index is 12.5. The van der Waals surface area contributed by atoms with Crippen molar-refractivity contribution in [3.63, 3.8) is 0 Å². The standard InChI is InChI=1S/C15H17NO2/c1-3-15(18,4-2)14(17)12-9-5-7-11-8-6-10-16-13(11)12/h5-10,18H,3-4H2,1-2H3. The van der Waals surface area contributed by atoms with Crippen molar-refractivity contribution >= 4 is 16.7 Å². The van der Waals surface area contributed by atoms with E-state index in [1.54, 1.807) is 12.3 Å². The van der Waals surface area contributed by atoms with Gasteiger partial charge in [0.1, 0.15) is 5.60 Å². The number of benzene rings is 1. The Morgan fingerprint density at radius 3 is 2.56 bits per heavy atom. The van der Waals surface area contributed by atoms with Crippen LogP contribution in [0.25, 0.3) is 10.9 Å². The van der Waals surface area contributed by atoms with Crippen molar-refractivity contribution in [2.45, 2.75) is 32.3 Å². The number of aliphatic hydroxyl groups is 1. The summed E-state index contributed by atoms with van der Waals surface area (Å²) in [6.45, 7) is 3.64. The Morgan fingerprint density at radius 2 is 1.89 bits per heavy atom. The number of carbonyl (C=O) groups excluding carboxylic acids is 1. The van der Waals surface area contributed by atoms with Crippen LogP contribution in [0.1, 0.15) is 37.0 Å². The molecule has 0 saturated carbocycles. The number of nitrogens with zero attached hydrogens (tertiary/aromatic N) is 1. The van der Waals surface area contributed by atoms with Crippen LogP contribution in [0.4, 0.5) is 0 Å². The van der Waals surface area contributed by atoms with Gasteiger partial charge in [0.15, 0.2) is 5.78 Å². The first-order valence-electron chi connectivity index (χ1n) is 6.23. The first-order chi connectivity index (χ1) is 8.62. The highest BCUT2D eigenvalue weighted by Gasteiger charge is 2.33. The van der Waals surface area contributed by atoms with E-state index in [4.69, 9.17) is 0 Å². The van der Waals surface area contributed by atoms with Crippen molar-refractivity contribution in [1.29, 1.82) is 0 Å². The van der Waals surface area contributed by atoms with Crippen LogP contribution >= 0.6 is 0 Å². The normalized spacial score (nSPS) is 11.7. The van der Waals surface area contributed by atoms with Gasteiger partial charge in [-0.3, -0.25) is 9.78 Å². The quantitative estimate of drug-likeness (QED) is 0.840. The molecule has 1 aromatic heterocycles. The largest absolute Gasteiger partial charge is 0.382 e. The Morgan fingerprint density at radius 1 is 1.22 bits per heavy atom. The Bertz CT molecular complexity index is 568. The van der Waals surface area contributed by atoms with Crippen LogP contribution in [0.3, 0.4) is 0 Å². The summed E-state index contributed by atoms with van der Waals surface area (Å²) in [5.74, 6) is -0.239. The minimum absolute atomic E-state index is 0.239. The number of hydrogen-bond acceptors (Lipinski definition) is 3. The number of carbonyl (C=O) groups is 1. The Balaban J connectivity index is 2.58. The molecular weight excluding hydrogens is 226 g/mol. The van der Waals surface area contributed by atoms with Crippen LogP contribution in [0, 0.1) is 0 Å². The molecule has 0 aliphatic carbocycles. The number of hydrogen-bond donors (Lipinski definition) is 1.